The van der Waals surface area contributed by atoms with Gasteiger partial charge in [0.1, 0.15) is 0 Å². The van der Waals surface area contributed by atoms with Gasteiger partial charge >= 0.3 is 0 Å². The Bertz CT molecular complexity index is 2550. The molecular weight excluding hydrogens is 567 g/mol. The van der Waals surface area contributed by atoms with E-state index in [-0.39, 0.29) is 0 Å². The molecule has 2 heterocycles. The standard InChI is InChI=1S/C41H25N3S/c1-2-11-27(12-3-1)39-42-40(44-41(43-39)31-21-20-26-10-4-5-13-28(26)24-31)30-15-8-14-29(25-30)32-17-9-18-35-33(32)22-23-36-34-16-6-7-19-37(34)45-38(35)36/h1-25H. The third-order valence-corrected chi connectivity index (χ3v) is 9.73. The fraction of sp³-hybridized carbons (Fsp3) is 0. The number of hydrogen-bond donors (Lipinski definition) is 0. The lowest BCUT2D eigenvalue weighted by molar-refractivity contribution is 1.07. The van der Waals surface area contributed by atoms with Crippen LogP contribution in [0.3, 0.4) is 0 Å². The molecule has 0 aliphatic heterocycles. The molecule has 0 N–H and O–H groups in total. The fourth-order valence-corrected chi connectivity index (χ4v) is 7.53. The van der Waals surface area contributed by atoms with Gasteiger partial charge in [-0.15, -0.1) is 11.3 Å². The number of nitrogens with zero attached hydrogens (tertiary/aromatic N) is 3. The summed E-state index contributed by atoms with van der Waals surface area (Å²) in [7, 11) is 0. The zero-order valence-electron chi connectivity index (χ0n) is 24.2. The smallest absolute Gasteiger partial charge is 0.164 e. The van der Waals surface area contributed by atoms with Crippen LogP contribution in [0, 0.1) is 0 Å². The Kier molecular flexibility index (Phi) is 6.00. The summed E-state index contributed by atoms with van der Waals surface area (Å²) in [5, 5.41) is 7.50. The van der Waals surface area contributed by atoms with Gasteiger partial charge in [-0.3, -0.25) is 0 Å². The summed E-state index contributed by atoms with van der Waals surface area (Å²) in [4.78, 5) is 15.0. The van der Waals surface area contributed by atoms with Crippen LogP contribution in [0.25, 0.3) is 87.0 Å². The minimum absolute atomic E-state index is 0.654. The summed E-state index contributed by atoms with van der Waals surface area (Å²) in [6, 6.07) is 53.3. The molecular formula is C41H25N3S. The molecule has 9 rings (SSSR count). The maximum Gasteiger partial charge on any atom is 0.164 e. The lowest BCUT2D eigenvalue weighted by Gasteiger charge is -2.11. The Morgan fingerprint density at radius 1 is 0.356 bits per heavy atom. The van der Waals surface area contributed by atoms with Gasteiger partial charge < -0.3 is 0 Å². The van der Waals surface area contributed by atoms with Crippen molar-refractivity contribution >= 4 is 53.1 Å². The molecule has 210 valence electrons. The number of fused-ring (bicyclic) bond motifs is 6. The number of benzene rings is 7. The van der Waals surface area contributed by atoms with E-state index in [0.717, 1.165) is 27.6 Å². The van der Waals surface area contributed by atoms with Crippen LogP contribution >= 0.6 is 11.3 Å². The van der Waals surface area contributed by atoms with Crippen molar-refractivity contribution in [2.24, 2.45) is 0 Å². The average molecular weight is 592 g/mol. The molecule has 3 nitrogen and oxygen atoms in total. The zero-order valence-corrected chi connectivity index (χ0v) is 25.0. The second-order valence-electron chi connectivity index (χ2n) is 11.3. The van der Waals surface area contributed by atoms with Crippen molar-refractivity contribution in [2.45, 2.75) is 0 Å². The molecule has 7 aromatic carbocycles. The van der Waals surface area contributed by atoms with Gasteiger partial charge in [0.25, 0.3) is 0 Å². The van der Waals surface area contributed by atoms with Crippen LogP contribution in [0.1, 0.15) is 0 Å². The topological polar surface area (TPSA) is 38.7 Å². The highest BCUT2D eigenvalue weighted by atomic mass is 32.1. The maximum atomic E-state index is 5.05. The van der Waals surface area contributed by atoms with Gasteiger partial charge in [-0.25, -0.2) is 15.0 Å². The van der Waals surface area contributed by atoms with Crippen molar-refractivity contribution in [3.05, 3.63) is 152 Å². The van der Waals surface area contributed by atoms with Crippen LogP contribution < -0.4 is 0 Å². The Morgan fingerprint density at radius 3 is 1.82 bits per heavy atom. The van der Waals surface area contributed by atoms with E-state index in [1.54, 1.807) is 0 Å². The van der Waals surface area contributed by atoms with Gasteiger partial charge in [0, 0.05) is 42.2 Å². The van der Waals surface area contributed by atoms with E-state index < -0.39 is 0 Å². The van der Waals surface area contributed by atoms with Crippen molar-refractivity contribution in [1.29, 1.82) is 0 Å². The van der Waals surface area contributed by atoms with Crippen LogP contribution in [0.2, 0.25) is 0 Å². The predicted octanol–water partition coefficient (Wildman–Crippen LogP) is 11.2. The van der Waals surface area contributed by atoms with E-state index in [0.29, 0.717) is 17.5 Å². The quantitative estimate of drug-likeness (QED) is 0.204. The molecule has 0 saturated carbocycles. The maximum absolute atomic E-state index is 5.05. The van der Waals surface area contributed by atoms with E-state index in [1.807, 2.05) is 41.7 Å². The first-order chi connectivity index (χ1) is 22.3. The van der Waals surface area contributed by atoms with Gasteiger partial charge in [-0.05, 0) is 45.5 Å². The molecule has 9 aromatic rings. The van der Waals surface area contributed by atoms with Crippen molar-refractivity contribution in [3.8, 4) is 45.3 Å². The van der Waals surface area contributed by atoms with E-state index in [1.165, 1.54) is 41.9 Å². The highest BCUT2D eigenvalue weighted by Gasteiger charge is 2.15. The first-order valence-corrected chi connectivity index (χ1v) is 15.8. The first kappa shape index (κ1) is 25.8. The summed E-state index contributed by atoms with van der Waals surface area (Å²) < 4.78 is 2.65. The van der Waals surface area contributed by atoms with Crippen molar-refractivity contribution in [1.82, 2.24) is 15.0 Å². The van der Waals surface area contributed by atoms with Crippen molar-refractivity contribution in [2.75, 3.05) is 0 Å². The lowest BCUT2D eigenvalue weighted by atomic mass is 9.96. The van der Waals surface area contributed by atoms with E-state index in [9.17, 15) is 0 Å². The Labute approximate surface area is 264 Å². The molecule has 0 bridgehead atoms. The number of hydrogen-bond acceptors (Lipinski definition) is 4. The van der Waals surface area contributed by atoms with Gasteiger partial charge in [-0.2, -0.15) is 0 Å². The molecule has 0 aliphatic rings. The highest BCUT2D eigenvalue weighted by molar-refractivity contribution is 7.26. The molecule has 4 heteroatoms. The second kappa shape index (κ2) is 10.5. The molecule has 0 unspecified atom stereocenters. The van der Waals surface area contributed by atoms with Crippen molar-refractivity contribution in [3.63, 3.8) is 0 Å². The number of rotatable bonds is 4. The van der Waals surface area contributed by atoms with Gasteiger partial charge in [0.05, 0.1) is 0 Å². The molecule has 0 fully saturated rings. The fourth-order valence-electron chi connectivity index (χ4n) is 6.30. The average Bonchev–Trinajstić information content (AvgIpc) is 3.51. The molecule has 2 aromatic heterocycles. The first-order valence-electron chi connectivity index (χ1n) is 15.0. The molecule has 0 aliphatic carbocycles. The Balaban J connectivity index is 1.21. The molecule has 45 heavy (non-hydrogen) atoms. The van der Waals surface area contributed by atoms with Gasteiger partial charge in [0.2, 0.25) is 0 Å². The summed E-state index contributed by atoms with van der Waals surface area (Å²) in [5.74, 6) is 1.97. The SMILES string of the molecule is c1ccc(-c2nc(-c3cccc(-c4cccc5c4ccc4c6ccccc6sc54)c3)nc(-c3ccc4ccccc4c3)n2)cc1. The molecule has 0 saturated heterocycles. The summed E-state index contributed by atoms with van der Waals surface area (Å²) in [6.07, 6.45) is 0. The van der Waals surface area contributed by atoms with Gasteiger partial charge in [-0.1, -0.05) is 133 Å². The monoisotopic (exact) mass is 591 g/mol. The Morgan fingerprint density at radius 2 is 0.956 bits per heavy atom. The molecule has 0 atom stereocenters. The summed E-state index contributed by atoms with van der Waals surface area (Å²) in [6.45, 7) is 0. The van der Waals surface area contributed by atoms with Crippen molar-refractivity contribution < 1.29 is 0 Å². The molecule has 0 amide bonds. The minimum atomic E-state index is 0.654. The van der Waals surface area contributed by atoms with Crippen LogP contribution in [0.15, 0.2) is 152 Å². The van der Waals surface area contributed by atoms with E-state index in [2.05, 4.69) is 121 Å². The summed E-state index contributed by atoms with van der Waals surface area (Å²) >= 11 is 1.87. The largest absolute Gasteiger partial charge is 0.208 e. The predicted molar refractivity (Wildman–Crippen MR) is 189 cm³/mol. The van der Waals surface area contributed by atoms with Crippen LogP contribution in [-0.2, 0) is 0 Å². The van der Waals surface area contributed by atoms with Gasteiger partial charge in [0.15, 0.2) is 17.5 Å². The normalized spacial score (nSPS) is 11.6. The van der Waals surface area contributed by atoms with Crippen LogP contribution in [0.5, 0.6) is 0 Å². The second-order valence-corrected chi connectivity index (χ2v) is 12.3. The van der Waals surface area contributed by atoms with Crippen LogP contribution in [0.4, 0.5) is 0 Å². The number of aromatic nitrogens is 3. The molecule has 0 spiro atoms. The lowest BCUT2D eigenvalue weighted by Crippen LogP contribution is -2.00. The van der Waals surface area contributed by atoms with E-state index >= 15 is 0 Å². The third-order valence-electron chi connectivity index (χ3n) is 8.51. The third kappa shape index (κ3) is 4.46. The minimum Gasteiger partial charge on any atom is -0.208 e. The van der Waals surface area contributed by atoms with Crippen LogP contribution in [-0.4, -0.2) is 15.0 Å². The number of thiophene rings is 1. The zero-order chi connectivity index (χ0) is 29.7. The molecule has 0 radical (unpaired) electrons. The highest BCUT2D eigenvalue weighted by Crippen LogP contribution is 2.41. The Hall–Kier alpha value is -5.71. The van der Waals surface area contributed by atoms with E-state index in [4.69, 9.17) is 15.0 Å². The summed E-state index contributed by atoms with van der Waals surface area (Å²) in [5.41, 5.74) is 5.20.